The van der Waals surface area contributed by atoms with E-state index in [0.29, 0.717) is 0 Å². The van der Waals surface area contributed by atoms with Crippen LogP contribution < -0.4 is 0 Å². The largest absolute Gasteiger partial charge is 0.479 e. The van der Waals surface area contributed by atoms with Gasteiger partial charge in [-0.15, -0.1) is 0 Å². The molecule has 1 aliphatic rings. The molecule has 0 saturated carbocycles. The molecule has 0 spiro atoms. The standard InChI is InChI=1S/C7H12O6S/c1-4(7(9)10)13-6-3-14(11,12)2-5(6)8/h4-6,8H,2-3H2,1H3,(H,9,10). The summed E-state index contributed by atoms with van der Waals surface area (Å²) in [6, 6.07) is 0. The van der Waals surface area contributed by atoms with E-state index in [1.807, 2.05) is 0 Å². The zero-order valence-electron chi connectivity index (χ0n) is 7.58. The Bertz CT molecular complexity index is 321. The Labute approximate surface area is 81.4 Å². The summed E-state index contributed by atoms with van der Waals surface area (Å²) in [6.45, 7) is 1.29. The summed E-state index contributed by atoms with van der Waals surface area (Å²) in [5.41, 5.74) is 0. The maximum Gasteiger partial charge on any atom is 0.332 e. The quantitative estimate of drug-likeness (QED) is 0.613. The second kappa shape index (κ2) is 3.84. The number of rotatable bonds is 3. The van der Waals surface area contributed by atoms with Crippen molar-refractivity contribution in [1.82, 2.24) is 0 Å². The molecule has 82 valence electrons. The van der Waals surface area contributed by atoms with Crippen molar-refractivity contribution in [2.24, 2.45) is 0 Å². The second-order valence-electron chi connectivity index (χ2n) is 3.30. The molecule has 1 aliphatic heterocycles. The van der Waals surface area contributed by atoms with Crippen LogP contribution in [0.2, 0.25) is 0 Å². The molecule has 1 rings (SSSR count). The minimum Gasteiger partial charge on any atom is -0.479 e. The number of aliphatic hydroxyl groups is 1. The van der Waals surface area contributed by atoms with Crippen molar-refractivity contribution in [2.75, 3.05) is 11.5 Å². The van der Waals surface area contributed by atoms with Crippen LogP contribution in [0.4, 0.5) is 0 Å². The highest BCUT2D eigenvalue weighted by atomic mass is 32.2. The molecule has 0 aliphatic carbocycles. The van der Waals surface area contributed by atoms with Crippen LogP contribution in [0.25, 0.3) is 0 Å². The first-order chi connectivity index (χ1) is 6.32. The van der Waals surface area contributed by atoms with E-state index in [0.717, 1.165) is 0 Å². The van der Waals surface area contributed by atoms with Gasteiger partial charge in [0.25, 0.3) is 0 Å². The lowest BCUT2D eigenvalue weighted by molar-refractivity contribution is -0.154. The molecule has 14 heavy (non-hydrogen) atoms. The summed E-state index contributed by atoms with van der Waals surface area (Å²) in [5, 5.41) is 17.8. The lowest BCUT2D eigenvalue weighted by Gasteiger charge is -2.16. The van der Waals surface area contributed by atoms with Crippen LogP contribution in [-0.4, -0.2) is 54.4 Å². The predicted molar refractivity (Wildman–Crippen MR) is 46.6 cm³/mol. The topological polar surface area (TPSA) is 101 Å². The van der Waals surface area contributed by atoms with Crippen molar-refractivity contribution in [2.45, 2.75) is 25.2 Å². The lowest BCUT2D eigenvalue weighted by Crippen LogP contribution is -2.33. The van der Waals surface area contributed by atoms with Gasteiger partial charge in [0, 0.05) is 0 Å². The van der Waals surface area contributed by atoms with E-state index >= 15 is 0 Å². The molecule has 6 nitrogen and oxygen atoms in total. The molecule has 3 unspecified atom stereocenters. The highest BCUT2D eigenvalue weighted by Gasteiger charge is 2.38. The van der Waals surface area contributed by atoms with Gasteiger partial charge in [-0.1, -0.05) is 0 Å². The van der Waals surface area contributed by atoms with E-state index in [4.69, 9.17) is 9.84 Å². The summed E-state index contributed by atoms with van der Waals surface area (Å²) in [5.74, 6) is -1.85. The molecule has 0 aromatic rings. The fourth-order valence-electron chi connectivity index (χ4n) is 1.25. The number of ether oxygens (including phenoxy) is 1. The third kappa shape index (κ3) is 2.66. The Hall–Kier alpha value is -0.660. The normalized spacial score (nSPS) is 32.7. The van der Waals surface area contributed by atoms with Gasteiger partial charge in [0.15, 0.2) is 15.9 Å². The molecule has 1 heterocycles. The maximum atomic E-state index is 11.0. The first kappa shape index (κ1) is 11.4. The molecule has 0 amide bonds. The van der Waals surface area contributed by atoms with E-state index in [1.54, 1.807) is 0 Å². The van der Waals surface area contributed by atoms with Crippen molar-refractivity contribution in [3.05, 3.63) is 0 Å². The predicted octanol–water partition coefficient (Wildman–Crippen LogP) is -1.37. The van der Waals surface area contributed by atoms with Crippen LogP contribution in [-0.2, 0) is 19.4 Å². The van der Waals surface area contributed by atoms with Crippen molar-refractivity contribution in [1.29, 1.82) is 0 Å². The molecule has 1 fully saturated rings. The molecule has 0 aromatic heterocycles. The molecular formula is C7H12O6S. The van der Waals surface area contributed by atoms with Crippen molar-refractivity contribution < 1.29 is 28.2 Å². The van der Waals surface area contributed by atoms with Crippen LogP contribution >= 0.6 is 0 Å². The van der Waals surface area contributed by atoms with Gasteiger partial charge in [-0.05, 0) is 6.92 Å². The highest BCUT2D eigenvalue weighted by molar-refractivity contribution is 7.91. The average molecular weight is 224 g/mol. The summed E-state index contributed by atoms with van der Waals surface area (Å²) >= 11 is 0. The SMILES string of the molecule is CC(OC1CS(=O)(=O)CC1O)C(=O)O. The maximum absolute atomic E-state index is 11.0. The number of aliphatic hydroxyl groups excluding tert-OH is 1. The zero-order valence-corrected chi connectivity index (χ0v) is 8.40. The Morgan fingerprint density at radius 3 is 2.43 bits per heavy atom. The third-order valence-electron chi connectivity index (χ3n) is 2.00. The molecular weight excluding hydrogens is 212 g/mol. The molecule has 0 aromatic carbocycles. The molecule has 0 bridgehead atoms. The molecule has 1 saturated heterocycles. The number of hydrogen-bond acceptors (Lipinski definition) is 5. The zero-order chi connectivity index (χ0) is 10.9. The fraction of sp³-hybridized carbons (Fsp3) is 0.857. The van der Waals surface area contributed by atoms with Crippen molar-refractivity contribution in [3.63, 3.8) is 0 Å². The molecule has 2 N–H and O–H groups in total. The summed E-state index contributed by atoms with van der Waals surface area (Å²) in [4.78, 5) is 10.4. The monoisotopic (exact) mass is 224 g/mol. The molecule has 3 atom stereocenters. The van der Waals surface area contributed by atoms with Crippen LogP contribution in [0.1, 0.15) is 6.92 Å². The Balaban J connectivity index is 2.59. The van der Waals surface area contributed by atoms with Gasteiger partial charge in [-0.25, -0.2) is 13.2 Å². The summed E-state index contributed by atoms with van der Waals surface area (Å²) in [7, 11) is -3.28. The lowest BCUT2D eigenvalue weighted by atomic mass is 10.2. The number of carboxylic acid groups (broad SMARTS) is 1. The van der Waals surface area contributed by atoms with E-state index in [2.05, 4.69) is 0 Å². The number of carbonyl (C=O) groups is 1. The molecule has 7 heteroatoms. The van der Waals surface area contributed by atoms with Crippen molar-refractivity contribution >= 4 is 15.8 Å². The van der Waals surface area contributed by atoms with Crippen LogP contribution in [0.3, 0.4) is 0 Å². The van der Waals surface area contributed by atoms with Gasteiger partial charge in [0.1, 0.15) is 0 Å². The van der Waals surface area contributed by atoms with Gasteiger partial charge in [0.05, 0.1) is 23.7 Å². The van der Waals surface area contributed by atoms with E-state index in [1.165, 1.54) is 6.92 Å². The van der Waals surface area contributed by atoms with Gasteiger partial charge in [-0.3, -0.25) is 0 Å². The Morgan fingerprint density at radius 1 is 1.50 bits per heavy atom. The number of carboxylic acids is 1. The first-order valence-electron chi connectivity index (χ1n) is 4.08. The van der Waals surface area contributed by atoms with Gasteiger partial charge in [0.2, 0.25) is 0 Å². The van der Waals surface area contributed by atoms with Gasteiger partial charge < -0.3 is 14.9 Å². The van der Waals surface area contributed by atoms with Crippen LogP contribution in [0, 0.1) is 0 Å². The van der Waals surface area contributed by atoms with Crippen LogP contribution in [0.15, 0.2) is 0 Å². The Morgan fingerprint density at radius 2 is 2.07 bits per heavy atom. The second-order valence-corrected chi connectivity index (χ2v) is 5.45. The first-order valence-corrected chi connectivity index (χ1v) is 5.91. The Kier molecular flexibility index (Phi) is 3.13. The number of hydrogen-bond donors (Lipinski definition) is 2. The van der Waals surface area contributed by atoms with Crippen LogP contribution in [0.5, 0.6) is 0 Å². The van der Waals surface area contributed by atoms with Gasteiger partial charge in [-0.2, -0.15) is 0 Å². The minimum atomic E-state index is -3.28. The number of sulfone groups is 1. The minimum absolute atomic E-state index is 0.314. The van der Waals surface area contributed by atoms with Gasteiger partial charge >= 0.3 is 5.97 Å². The highest BCUT2D eigenvalue weighted by Crippen LogP contribution is 2.17. The van der Waals surface area contributed by atoms with E-state index < -0.39 is 34.1 Å². The molecule has 0 radical (unpaired) electrons. The summed E-state index contributed by atoms with van der Waals surface area (Å²) in [6.07, 6.45) is -3.16. The average Bonchev–Trinajstić information content (AvgIpc) is 2.24. The number of aliphatic carboxylic acids is 1. The van der Waals surface area contributed by atoms with Crippen molar-refractivity contribution in [3.8, 4) is 0 Å². The third-order valence-corrected chi connectivity index (χ3v) is 3.68. The smallest absolute Gasteiger partial charge is 0.332 e. The fourth-order valence-corrected chi connectivity index (χ4v) is 2.92. The van der Waals surface area contributed by atoms with E-state index in [-0.39, 0.29) is 11.5 Å². The summed E-state index contributed by atoms with van der Waals surface area (Å²) < 4.78 is 26.9. The van der Waals surface area contributed by atoms with E-state index in [9.17, 15) is 18.3 Å².